The predicted molar refractivity (Wildman–Crippen MR) is 132 cm³/mol. The fourth-order valence-corrected chi connectivity index (χ4v) is 6.28. The first-order valence-electron chi connectivity index (χ1n) is 11.8. The van der Waals surface area contributed by atoms with Crippen LogP contribution in [0, 0.1) is 0 Å². The fourth-order valence-electron chi connectivity index (χ4n) is 5.08. The molecule has 0 spiro atoms. The minimum absolute atomic E-state index is 0.0724. The van der Waals surface area contributed by atoms with E-state index in [4.69, 9.17) is 4.74 Å². The largest absolute Gasteiger partial charge is 0.435 e. The van der Waals surface area contributed by atoms with Crippen LogP contribution in [0.4, 0.5) is 14.7 Å². The zero-order chi connectivity index (χ0) is 25.7. The maximum atomic E-state index is 13.0. The first-order chi connectivity index (χ1) is 17.8. The average Bonchev–Trinajstić information content (AvgIpc) is 3.41. The third kappa shape index (κ3) is 4.40. The highest BCUT2D eigenvalue weighted by molar-refractivity contribution is 7.91. The molecule has 37 heavy (non-hydrogen) atoms. The number of hydrogen-bond donors (Lipinski definition) is 1. The maximum Gasteiger partial charge on any atom is 0.387 e. The fraction of sp³-hybridized carbons (Fsp3) is 0.320. The molecule has 0 amide bonds. The number of aliphatic hydroxyl groups excluding tert-OH is 1. The second-order valence-corrected chi connectivity index (χ2v) is 11.5. The van der Waals surface area contributed by atoms with Crippen molar-refractivity contribution < 1.29 is 27.0 Å². The van der Waals surface area contributed by atoms with Crippen molar-refractivity contribution in [1.29, 1.82) is 0 Å². The highest BCUT2D eigenvalue weighted by atomic mass is 32.2. The average molecular weight is 528 g/mol. The van der Waals surface area contributed by atoms with Crippen molar-refractivity contribution in [3.63, 3.8) is 0 Å². The molecule has 1 saturated heterocycles. The zero-order valence-corrected chi connectivity index (χ0v) is 20.4. The number of benzene rings is 1. The van der Waals surface area contributed by atoms with Gasteiger partial charge in [0.25, 0.3) is 0 Å². The van der Waals surface area contributed by atoms with Crippen molar-refractivity contribution in [1.82, 2.24) is 19.4 Å². The Kier molecular flexibility index (Phi) is 5.80. The number of anilines is 1. The molecular formula is C25H23F2N5O4S. The van der Waals surface area contributed by atoms with Crippen LogP contribution in [0.15, 0.2) is 55.0 Å². The normalized spacial score (nSPS) is 20.9. The van der Waals surface area contributed by atoms with Gasteiger partial charge >= 0.3 is 6.61 Å². The molecule has 0 unspecified atom stereocenters. The molecule has 1 fully saturated rings. The molecule has 2 atom stereocenters. The van der Waals surface area contributed by atoms with Crippen molar-refractivity contribution in [3.05, 3.63) is 71.9 Å². The van der Waals surface area contributed by atoms with E-state index in [1.54, 1.807) is 30.6 Å². The summed E-state index contributed by atoms with van der Waals surface area (Å²) >= 11 is 0. The smallest absolute Gasteiger partial charge is 0.387 e. The van der Waals surface area contributed by atoms with Crippen molar-refractivity contribution in [2.24, 2.45) is 0 Å². The lowest BCUT2D eigenvalue weighted by Gasteiger charge is -2.26. The number of sulfone groups is 1. The van der Waals surface area contributed by atoms with Crippen LogP contribution in [0.5, 0.6) is 5.75 Å². The van der Waals surface area contributed by atoms with Crippen LogP contribution < -0.4 is 9.64 Å². The van der Waals surface area contributed by atoms with Gasteiger partial charge in [-0.2, -0.15) is 8.78 Å². The highest BCUT2D eigenvalue weighted by Gasteiger charge is 2.37. The van der Waals surface area contributed by atoms with E-state index in [0.717, 1.165) is 16.8 Å². The van der Waals surface area contributed by atoms with Gasteiger partial charge in [-0.05, 0) is 24.6 Å². The molecular weight excluding hydrogens is 504 g/mol. The molecule has 9 nitrogen and oxygen atoms in total. The summed E-state index contributed by atoms with van der Waals surface area (Å²) < 4.78 is 56.1. The molecule has 1 aliphatic heterocycles. The summed E-state index contributed by atoms with van der Waals surface area (Å²) in [5, 5.41) is 10.7. The number of alkyl halides is 2. The number of para-hydroxylation sites is 1. The molecule has 4 aromatic rings. The number of hydrogen-bond acceptors (Lipinski definition) is 8. The van der Waals surface area contributed by atoms with Crippen LogP contribution in [-0.4, -0.2) is 64.1 Å². The Hall–Kier alpha value is -3.64. The van der Waals surface area contributed by atoms with Gasteiger partial charge in [0.05, 0.1) is 29.0 Å². The van der Waals surface area contributed by atoms with Crippen LogP contribution >= 0.6 is 0 Å². The van der Waals surface area contributed by atoms with Gasteiger partial charge in [-0.1, -0.05) is 18.2 Å². The van der Waals surface area contributed by atoms with Crippen molar-refractivity contribution >= 4 is 21.4 Å². The number of aromatic nitrogens is 4. The quantitative estimate of drug-likeness (QED) is 0.422. The topological polar surface area (TPSA) is 110 Å². The summed E-state index contributed by atoms with van der Waals surface area (Å²) in [5.74, 6) is 0.322. The summed E-state index contributed by atoms with van der Waals surface area (Å²) in [5.41, 5.74) is 3.97. The van der Waals surface area contributed by atoms with Gasteiger partial charge in [-0.25, -0.2) is 23.4 Å². The van der Waals surface area contributed by atoms with Gasteiger partial charge in [0.15, 0.2) is 9.84 Å². The van der Waals surface area contributed by atoms with Crippen LogP contribution in [0.25, 0.3) is 16.8 Å². The number of nitrogens with zero attached hydrogens (tertiary/aromatic N) is 5. The van der Waals surface area contributed by atoms with Gasteiger partial charge in [0.2, 0.25) is 5.95 Å². The first-order valence-corrected chi connectivity index (χ1v) is 13.6. The van der Waals surface area contributed by atoms with Crippen molar-refractivity contribution in [2.75, 3.05) is 29.5 Å². The lowest BCUT2D eigenvalue weighted by Crippen LogP contribution is -2.41. The molecule has 1 aliphatic carbocycles. The second-order valence-electron chi connectivity index (χ2n) is 9.16. The van der Waals surface area contributed by atoms with E-state index in [0.29, 0.717) is 42.4 Å². The first kappa shape index (κ1) is 23.7. The molecule has 1 aromatic carbocycles. The number of halogens is 2. The molecule has 0 saturated carbocycles. The Morgan fingerprint density at radius 1 is 1.03 bits per heavy atom. The molecule has 192 valence electrons. The number of rotatable bonds is 5. The van der Waals surface area contributed by atoms with E-state index < -0.39 is 22.6 Å². The van der Waals surface area contributed by atoms with Gasteiger partial charge < -0.3 is 19.1 Å². The van der Waals surface area contributed by atoms with Crippen molar-refractivity contribution in [3.8, 4) is 16.9 Å². The number of pyridine rings is 1. The van der Waals surface area contributed by atoms with E-state index in [2.05, 4.69) is 15.0 Å². The summed E-state index contributed by atoms with van der Waals surface area (Å²) in [6, 6.07) is 10.3. The second kappa shape index (κ2) is 9.03. The zero-order valence-electron chi connectivity index (χ0n) is 19.5. The van der Waals surface area contributed by atoms with E-state index in [1.807, 2.05) is 27.6 Å². The van der Waals surface area contributed by atoms with Crippen LogP contribution in [0.2, 0.25) is 0 Å². The lowest BCUT2D eigenvalue weighted by atomic mass is 9.95. The van der Waals surface area contributed by atoms with E-state index in [1.165, 1.54) is 6.07 Å². The lowest BCUT2D eigenvalue weighted by molar-refractivity contribution is -0.0506. The Morgan fingerprint density at radius 3 is 2.49 bits per heavy atom. The van der Waals surface area contributed by atoms with Gasteiger partial charge in [0, 0.05) is 54.3 Å². The molecule has 1 N–H and O–H groups in total. The SMILES string of the molecule is O=S1(=O)CCN(c2ncc(-c3ccc4nc5c(n4c3)[C@@H](c3ccccc3OC(F)F)C[C@H]5O)cn2)CC1. The van der Waals surface area contributed by atoms with Gasteiger partial charge in [0.1, 0.15) is 11.4 Å². The van der Waals surface area contributed by atoms with E-state index in [9.17, 15) is 22.3 Å². The number of ether oxygens (including phenoxy) is 1. The standard InChI is InChI=1S/C25H23F2N5O4S/c26-24(27)36-20-4-2-1-3-17(20)18-11-19(33)22-23(18)32-14-15(5-6-21(32)30-22)16-12-28-25(29-13-16)31-7-9-37(34,35)10-8-31/h1-6,12-14,18-19,24,33H,7-11H2/t18-,19-/m1/s1. The van der Waals surface area contributed by atoms with Crippen LogP contribution in [-0.2, 0) is 9.84 Å². The molecule has 2 aliphatic rings. The third-order valence-corrected chi connectivity index (χ3v) is 8.51. The minimum Gasteiger partial charge on any atom is -0.435 e. The minimum atomic E-state index is -3.00. The van der Waals surface area contributed by atoms with Gasteiger partial charge in [-0.15, -0.1) is 0 Å². The summed E-state index contributed by atoms with van der Waals surface area (Å²) in [6.45, 7) is -2.25. The number of fused-ring (bicyclic) bond motifs is 3. The number of imidazole rings is 1. The van der Waals surface area contributed by atoms with Gasteiger partial charge in [-0.3, -0.25) is 0 Å². The maximum absolute atomic E-state index is 13.0. The number of aliphatic hydroxyl groups is 1. The molecule has 3 aromatic heterocycles. The van der Waals surface area contributed by atoms with Crippen LogP contribution in [0.1, 0.15) is 35.4 Å². The third-order valence-electron chi connectivity index (χ3n) is 6.90. The molecule has 4 heterocycles. The predicted octanol–water partition coefficient (Wildman–Crippen LogP) is 3.20. The van der Waals surface area contributed by atoms with Crippen LogP contribution in [0.3, 0.4) is 0 Å². The summed E-state index contributed by atoms with van der Waals surface area (Å²) in [7, 11) is -3.00. The Labute approximate surface area is 211 Å². The Morgan fingerprint density at radius 2 is 1.76 bits per heavy atom. The summed E-state index contributed by atoms with van der Waals surface area (Å²) in [4.78, 5) is 15.3. The Balaban J connectivity index is 1.35. The Bertz CT molecular complexity index is 1560. The molecule has 12 heteroatoms. The van der Waals surface area contributed by atoms with Crippen molar-refractivity contribution in [2.45, 2.75) is 25.1 Å². The summed E-state index contributed by atoms with van der Waals surface area (Å²) in [6.07, 6.45) is 4.70. The van der Waals surface area contributed by atoms with E-state index >= 15 is 0 Å². The van der Waals surface area contributed by atoms with E-state index in [-0.39, 0.29) is 23.2 Å². The molecule has 0 radical (unpaired) electrons. The monoisotopic (exact) mass is 527 g/mol. The molecule has 0 bridgehead atoms. The highest BCUT2D eigenvalue weighted by Crippen LogP contribution is 2.47. The molecule has 6 rings (SSSR count).